The van der Waals surface area contributed by atoms with Crippen molar-refractivity contribution in [2.45, 2.75) is 39.2 Å². The molecule has 18 heavy (non-hydrogen) atoms. The monoisotopic (exact) mass is 264 g/mol. The zero-order valence-electron chi connectivity index (χ0n) is 11.5. The van der Waals surface area contributed by atoms with Gasteiger partial charge < -0.3 is 10.1 Å². The fourth-order valence-corrected chi connectivity index (χ4v) is 2.37. The zero-order chi connectivity index (χ0) is 13.4. The van der Waals surface area contributed by atoms with Crippen LogP contribution in [0.1, 0.15) is 26.7 Å². The summed E-state index contributed by atoms with van der Waals surface area (Å²) in [4.78, 5) is 2.32. The van der Waals surface area contributed by atoms with Crippen molar-refractivity contribution in [1.29, 1.82) is 0 Å². The van der Waals surface area contributed by atoms with Gasteiger partial charge in [-0.3, -0.25) is 4.90 Å². The predicted octanol–water partition coefficient (Wildman–Crippen LogP) is 1.98. The molecule has 1 fully saturated rings. The molecule has 0 bridgehead atoms. The van der Waals surface area contributed by atoms with Crippen molar-refractivity contribution in [1.82, 2.24) is 10.2 Å². The van der Waals surface area contributed by atoms with Gasteiger partial charge in [-0.05, 0) is 31.8 Å². The molecule has 0 aliphatic carbocycles. The lowest BCUT2D eigenvalue weighted by Gasteiger charge is -2.25. The highest BCUT2D eigenvalue weighted by Gasteiger charge is 2.18. The van der Waals surface area contributed by atoms with Crippen LogP contribution in [0.4, 0.5) is 8.78 Å². The minimum atomic E-state index is -2.36. The second-order valence-electron chi connectivity index (χ2n) is 5.40. The Morgan fingerprint density at radius 3 is 2.83 bits per heavy atom. The van der Waals surface area contributed by atoms with Crippen LogP contribution >= 0.6 is 0 Å². The first-order valence-corrected chi connectivity index (χ1v) is 6.89. The summed E-state index contributed by atoms with van der Waals surface area (Å²) < 4.78 is 28.8. The first-order valence-electron chi connectivity index (χ1n) is 6.89. The highest BCUT2D eigenvalue weighted by atomic mass is 19.3. The van der Waals surface area contributed by atoms with Crippen LogP contribution in [0.25, 0.3) is 0 Å². The molecule has 1 aliphatic rings. The number of nitrogens with one attached hydrogen (secondary N) is 1. The van der Waals surface area contributed by atoms with Gasteiger partial charge in [0, 0.05) is 19.1 Å². The molecule has 1 aliphatic heterocycles. The smallest absolute Gasteiger partial charge is 0.261 e. The van der Waals surface area contributed by atoms with Crippen molar-refractivity contribution >= 4 is 0 Å². The molecule has 0 radical (unpaired) electrons. The fraction of sp³-hybridized carbons (Fsp3) is 1.00. The summed E-state index contributed by atoms with van der Waals surface area (Å²) in [5.74, 6) is 0.678. The van der Waals surface area contributed by atoms with E-state index in [2.05, 4.69) is 24.1 Å². The van der Waals surface area contributed by atoms with E-state index in [1.807, 2.05) is 0 Å². The summed E-state index contributed by atoms with van der Waals surface area (Å²) in [6.45, 7) is 8.23. The van der Waals surface area contributed by atoms with E-state index in [0.717, 1.165) is 39.0 Å². The van der Waals surface area contributed by atoms with Crippen LogP contribution in [0.15, 0.2) is 0 Å². The third-order valence-corrected chi connectivity index (χ3v) is 3.11. The van der Waals surface area contributed by atoms with Crippen LogP contribution in [0.2, 0.25) is 0 Å². The number of hydrogen-bond acceptors (Lipinski definition) is 3. The van der Waals surface area contributed by atoms with Crippen molar-refractivity contribution in [3.05, 3.63) is 0 Å². The molecule has 108 valence electrons. The van der Waals surface area contributed by atoms with Crippen LogP contribution in [0, 0.1) is 5.92 Å². The van der Waals surface area contributed by atoms with Crippen LogP contribution in [0.3, 0.4) is 0 Å². The van der Waals surface area contributed by atoms with Crippen molar-refractivity contribution in [3.63, 3.8) is 0 Å². The Labute approximate surface area is 109 Å². The maximum atomic E-state index is 11.9. The molecule has 0 spiro atoms. The lowest BCUT2D eigenvalue weighted by Crippen LogP contribution is -2.39. The molecule has 1 atom stereocenters. The van der Waals surface area contributed by atoms with Crippen molar-refractivity contribution in [3.8, 4) is 0 Å². The minimum absolute atomic E-state index is 0.402. The third kappa shape index (κ3) is 7.24. The molecule has 1 unspecified atom stereocenters. The Morgan fingerprint density at radius 1 is 1.39 bits per heavy atom. The van der Waals surface area contributed by atoms with Gasteiger partial charge in [0.25, 0.3) is 6.43 Å². The average Bonchev–Trinajstić information content (AvgIpc) is 2.49. The van der Waals surface area contributed by atoms with Gasteiger partial charge in [-0.25, -0.2) is 8.78 Å². The van der Waals surface area contributed by atoms with E-state index in [4.69, 9.17) is 4.74 Å². The lowest BCUT2D eigenvalue weighted by molar-refractivity contribution is 0.00955. The lowest BCUT2D eigenvalue weighted by atomic mass is 10.0. The Bertz CT molecular complexity index is 215. The second kappa shape index (κ2) is 8.77. The number of rotatable bonds is 7. The van der Waals surface area contributed by atoms with Gasteiger partial charge in [0.1, 0.15) is 6.61 Å². The van der Waals surface area contributed by atoms with E-state index in [9.17, 15) is 8.78 Å². The first-order chi connectivity index (χ1) is 8.58. The maximum Gasteiger partial charge on any atom is 0.261 e. The van der Waals surface area contributed by atoms with Crippen molar-refractivity contribution in [2.75, 3.05) is 39.4 Å². The maximum absolute atomic E-state index is 11.9. The van der Waals surface area contributed by atoms with E-state index >= 15 is 0 Å². The molecule has 1 rings (SSSR count). The Morgan fingerprint density at radius 2 is 2.17 bits per heavy atom. The summed E-state index contributed by atoms with van der Waals surface area (Å²) in [6.07, 6.45) is -0.0813. The second-order valence-corrected chi connectivity index (χ2v) is 5.40. The Kier molecular flexibility index (Phi) is 7.70. The number of nitrogens with zero attached hydrogens (tertiary/aromatic N) is 1. The SMILES string of the molecule is CC(C)CC1CN(CCOCC(F)F)CCCN1. The molecule has 5 heteroatoms. The van der Waals surface area contributed by atoms with Gasteiger partial charge in [0.05, 0.1) is 6.61 Å². The Balaban J connectivity index is 2.22. The predicted molar refractivity (Wildman–Crippen MR) is 69.1 cm³/mol. The summed E-state index contributed by atoms with van der Waals surface area (Å²) in [5.41, 5.74) is 0. The summed E-state index contributed by atoms with van der Waals surface area (Å²) in [7, 11) is 0. The van der Waals surface area contributed by atoms with E-state index in [0.29, 0.717) is 18.6 Å². The molecule has 0 aromatic carbocycles. The van der Waals surface area contributed by atoms with Gasteiger partial charge in [-0.15, -0.1) is 0 Å². The van der Waals surface area contributed by atoms with Crippen molar-refractivity contribution in [2.24, 2.45) is 5.92 Å². The number of alkyl halides is 2. The number of hydrogen-bond donors (Lipinski definition) is 1. The van der Waals surface area contributed by atoms with E-state index in [1.165, 1.54) is 0 Å². The van der Waals surface area contributed by atoms with Crippen LogP contribution in [0.5, 0.6) is 0 Å². The molecule has 0 aromatic rings. The van der Waals surface area contributed by atoms with E-state index in [-0.39, 0.29) is 0 Å². The molecular weight excluding hydrogens is 238 g/mol. The van der Waals surface area contributed by atoms with Gasteiger partial charge in [-0.1, -0.05) is 13.8 Å². The molecule has 1 N–H and O–H groups in total. The summed E-state index contributed by atoms with van der Waals surface area (Å²) >= 11 is 0. The minimum Gasteiger partial charge on any atom is -0.374 e. The average molecular weight is 264 g/mol. The van der Waals surface area contributed by atoms with Gasteiger partial charge >= 0.3 is 0 Å². The zero-order valence-corrected chi connectivity index (χ0v) is 11.5. The molecule has 0 saturated carbocycles. The topological polar surface area (TPSA) is 24.5 Å². The van der Waals surface area contributed by atoms with Gasteiger partial charge in [-0.2, -0.15) is 0 Å². The summed E-state index contributed by atoms with van der Waals surface area (Å²) in [6, 6.07) is 0.516. The van der Waals surface area contributed by atoms with Crippen molar-refractivity contribution < 1.29 is 13.5 Å². The summed E-state index contributed by atoms with van der Waals surface area (Å²) in [5, 5.41) is 3.55. The standard InChI is InChI=1S/C13H26F2N2O/c1-11(2)8-12-9-17(5-3-4-16-12)6-7-18-10-13(14)15/h11-13,16H,3-10H2,1-2H3. The molecule has 1 heterocycles. The molecule has 0 amide bonds. The van der Waals surface area contributed by atoms with Gasteiger partial charge in [0.2, 0.25) is 0 Å². The van der Waals surface area contributed by atoms with Crippen LogP contribution in [-0.2, 0) is 4.74 Å². The quantitative estimate of drug-likeness (QED) is 0.712. The largest absolute Gasteiger partial charge is 0.374 e. The van der Waals surface area contributed by atoms with Crippen LogP contribution in [-0.4, -0.2) is 56.8 Å². The fourth-order valence-electron chi connectivity index (χ4n) is 2.37. The molecule has 1 saturated heterocycles. The van der Waals surface area contributed by atoms with Crippen LogP contribution < -0.4 is 5.32 Å². The molecule has 0 aromatic heterocycles. The first kappa shape index (κ1) is 15.8. The highest BCUT2D eigenvalue weighted by molar-refractivity contribution is 4.77. The highest BCUT2D eigenvalue weighted by Crippen LogP contribution is 2.09. The number of ether oxygens (including phenoxy) is 1. The molecular formula is C13H26F2N2O. The third-order valence-electron chi connectivity index (χ3n) is 3.11. The normalized spacial score (nSPS) is 22.7. The Hall–Kier alpha value is -0.260. The van der Waals surface area contributed by atoms with Gasteiger partial charge in [0.15, 0.2) is 0 Å². The number of halogens is 2. The van der Waals surface area contributed by atoms with E-state index in [1.54, 1.807) is 0 Å². The van der Waals surface area contributed by atoms with E-state index < -0.39 is 13.0 Å². The molecule has 3 nitrogen and oxygen atoms in total.